The zero-order valence-electron chi connectivity index (χ0n) is 20.8. The number of β-lactam (4-membered cyclic amide) rings is 1. The van der Waals surface area contributed by atoms with Gasteiger partial charge in [0.05, 0.1) is 6.42 Å². The third-order valence-corrected chi connectivity index (χ3v) is 10.5. The maximum Gasteiger partial charge on any atom is 0.356 e. The number of esters is 1. The molecule has 0 bridgehead atoms. The van der Waals surface area contributed by atoms with Crippen molar-refractivity contribution in [2.75, 3.05) is 5.75 Å². The van der Waals surface area contributed by atoms with Crippen LogP contribution < -0.4 is 5.32 Å². The highest BCUT2D eigenvalue weighted by Gasteiger charge is 2.55. The van der Waals surface area contributed by atoms with Gasteiger partial charge in [0.1, 0.15) is 22.6 Å². The summed E-state index contributed by atoms with van der Waals surface area (Å²) in [5.41, 5.74) is 3.44. The summed E-state index contributed by atoms with van der Waals surface area (Å²) < 4.78 is 6.83. The van der Waals surface area contributed by atoms with Crippen molar-refractivity contribution >= 4 is 64.0 Å². The number of ether oxygens (including phenoxy) is 1. The van der Waals surface area contributed by atoms with Gasteiger partial charge in [-0.25, -0.2) is 4.79 Å². The molecule has 202 valence electrons. The van der Waals surface area contributed by atoms with E-state index in [4.69, 9.17) is 4.74 Å². The lowest BCUT2D eigenvalue weighted by Crippen LogP contribution is -2.70. The van der Waals surface area contributed by atoms with Gasteiger partial charge in [-0.05, 0) is 22.6 Å². The molecule has 0 unspecified atom stereocenters. The first-order valence-corrected chi connectivity index (χ1v) is 16.0. The lowest BCUT2D eigenvalue weighted by molar-refractivity contribution is -0.154. The Morgan fingerprint density at radius 3 is 2.38 bits per heavy atom. The Balaban J connectivity index is 1.28. The summed E-state index contributed by atoms with van der Waals surface area (Å²) >= 11 is 5.66. The number of benzene rings is 2. The average Bonchev–Trinajstić information content (AvgIpc) is 3.70. The van der Waals surface area contributed by atoms with Gasteiger partial charge < -0.3 is 10.1 Å². The maximum atomic E-state index is 14.0. The Bertz CT molecular complexity index is 1490. The number of hydrogen-bond donors (Lipinski definition) is 1. The molecule has 40 heavy (non-hydrogen) atoms. The smallest absolute Gasteiger partial charge is 0.356 e. The predicted octanol–water partition coefficient (Wildman–Crippen LogP) is 4.88. The van der Waals surface area contributed by atoms with Crippen molar-refractivity contribution in [1.29, 1.82) is 0 Å². The minimum Gasteiger partial charge on any atom is -0.448 e. The van der Waals surface area contributed by atoms with E-state index in [-0.39, 0.29) is 23.9 Å². The molecule has 2 amide bonds. The first kappa shape index (κ1) is 26.8. The van der Waals surface area contributed by atoms with Gasteiger partial charge in [-0.1, -0.05) is 89.8 Å². The topological polar surface area (TPSA) is 101 Å². The molecule has 4 aromatic rings. The fourth-order valence-electron chi connectivity index (χ4n) is 4.51. The highest BCUT2D eigenvalue weighted by Crippen LogP contribution is 2.46. The van der Waals surface area contributed by atoms with E-state index in [1.807, 2.05) is 78.2 Å². The van der Waals surface area contributed by atoms with Crippen LogP contribution in [0.3, 0.4) is 0 Å². The van der Waals surface area contributed by atoms with Crippen molar-refractivity contribution in [3.8, 4) is 0 Å². The van der Waals surface area contributed by atoms with Crippen molar-refractivity contribution in [3.63, 3.8) is 0 Å². The molecule has 1 N–H and O–H groups in total. The van der Waals surface area contributed by atoms with Crippen LogP contribution in [-0.4, -0.2) is 50.0 Å². The van der Waals surface area contributed by atoms with Crippen LogP contribution in [0.15, 0.2) is 98.6 Å². The second-order valence-corrected chi connectivity index (χ2v) is 13.2. The number of fused-ring (bicyclic) bond motifs is 1. The van der Waals surface area contributed by atoms with E-state index in [0.717, 1.165) is 16.0 Å². The molecule has 0 aliphatic carbocycles. The van der Waals surface area contributed by atoms with Crippen molar-refractivity contribution in [1.82, 2.24) is 20.4 Å². The molecule has 1 fully saturated rings. The summed E-state index contributed by atoms with van der Waals surface area (Å²) in [6, 6.07) is 22.1. The molecule has 0 radical (unpaired) electrons. The Labute approximate surface area is 246 Å². The third kappa shape index (κ3) is 5.57. The van der Waals surface area contributed by atoms with Crippen LogP contribution in [0.25, 0.3) is 0 Å². The molecule has 2 aliphatic heterocycles. The minimum absolute atomic E-state index is 0.189. The molecule has 2 aromatic carbocycles. The molecule has 2 aliphatic rings. The van der Waals surface area contributed by atoms with Crippen LogP contribution >= 0.6 is 46.2 Å². The van der Waals surface area contributed by atoms with E-state index in [0.29, 0.717) is 15.0 Å². The van der Waals surface area contributed by atoms with Gasteiger partial charge in [-0.3, -0.25) is 14.5 Å². The van der Waals surface area contributed by atoms with Crippen molar-refractivity contribution in [2.24, 2.45) is 0 Å². The molecule has 6 rings (SSSR count). The number of rotatable bonds is 9. The van der Waals surface area contributed by atoms with Gasteiger partial charge in [0, 0.05) is 15.5 Å². The number of hydrogen-bond acceptors (Lipinski definition) is 10. The van der Waals surface area contributed by atoms with Crippen molar-refractivity contribution in [3.05, 3.63) is 110 Å². The lowest BCUT2D eigenvalue weighted by Gasteiger charge is -2.49. The number of carbonyl (C=O) groups is 3. The third-order valence-electron chi connectivity index (χ3n) is 6.34. The molecular weight excluding hydrogens is 585 g/mol. The van der Waals surface area contributed by atoms with Gasteiger partial charge in [-0.15, -0.1) is 33.3 Å². The van der Waals surface area contributed by atoms with E-state index in [1.165, 1.54) is 51.1 Å². The molecular formula is C28H22N4O4S4. The van der Waals surface area contributed by atoms with Crippen LogP contribution in [0.5, 0.6) is 0 Å². The first-order chi connectivity index (χ1) is 19.6. The van der Waals surface area contributed by atoms with Crippen LogP contribution in [-0.2, 0) is 25.5 Å². The highest BCUT2D eigenvalue weighted by molar-refractivity contribution is 8.07. The minimum atomic E-state index is -0.715. The number of amides is 2. The summed E-state index contributed by atoms with van der Waals surface area (Å²) in [7, 11) is 0. The largest absolute Gasteiger partial charge is 0.448 e. The summed E-state index contributed by atoms with van der Waals surface area (Å²) in [5, 5.41) is 12.4. The Hall–Kier alpha value is -3.45. The average molecular weight is 607 g/mol. The first-order valence-electron chi connectivity index (χ1n) is 12.3. The summed E-state index contributed by atoms with van der Waals surface area (Å²) in [5.74, 6) is -0.708. The summed E-state index contributed by atoms with van der Waals surface area (Å²) in [4.78, 5) is 43.1. The zero-order valence-corrected chi connectivity index (χ0v) is 24.1. The van der Waals surface area contributed by atoms with Crippen molar-refractivity contribution in [2.45, 2.75) is 28.3 Å². The molecule has 0 saturated carbocycles. The monoisotopic (exact) mass is 606 g/mol. The standard InChI is InChI=1S/C28H22N4O4S4/c33-21(14-19-12-7-13-37-19)30-22-25(34)32-23(20(15-38-26(22)32)40-28-31-29-16-39-28)27(35)36-24(17-8-3-1-4-9-17)18-10-5-2-6-11-18/h1-13,16,22,24,26H,14-15H2,(H,30,33)/t22-,26-/m1/s1. The Kier molecular flexibility index (Phi) is 8.00. The normalized spacial score (nSPS) is 18.3. The number of thioether (sulfide) groups is 2. The fraction of sp³-hybridized carbons (Fsp3) is 0.179. The molecule has 8 nitrogen and oxygen atoms in total. The van der Waals surface area contributed by atoms with Gasteiger partial charge in [-0.2, -0.15) is 0 Å². The SMILES string of the molecule is O=C(Cc1cccs1)N[C@@H]1C(=O)N2C(C(=O)OC(c3ccccc3)c3ccccc3)=C(Sc3nncs3)CS[C@H]12. The quantitative estimate of drug-likeness (QED) is 0.213. The van der Waals surface area contributed by atoms with Crippen LogP contribution in [0.4, 0.5) is 0 Å². The van der Waals surface area contributed by atoms with Gasteiger partial charge >= 0.3 is 5.97 Å². The second kappa shape index (κ2) is 12.0. The van der Waals surface area contributed by atoms with Crippen LogP contribution in [0, 0.1) is 0 Å². The van der Waals surface area contributed by atoms with Crippen LogP contribution in [0.1, 0.15) is 22.1 Å². The number of aromatic nitrogens is 2. The maximum absolute atomic E-state index is 14.0. The zero-order chi connectivity index (χ0) is 27.5. The molecule has 12 heteroatoms. The van der Waals surface area contributed by atoms with Gasteiger partial charge in [0.25, 0.3) is 5.91 Å². The summed E-state index contributed by atoms with van der Waals surface area (Å²) in [6.07, 6.45) is -0.460. The van der Waals surface area contributed by atoms with E-state index < -0.39 is 23.5 Å². The predicted molar refractivity (Wildman–Crippen MR) is 157 cm³/mol. The molecule has 1 saturated heterocycles. The second-order valence-electron chi connectivity index (χ2n) is 8.90. The fourth-order valence-corrected chi connectivity index (χ4v) is 8.33. The van der Waals surface area contributed by atoms with E-state index in [2.05, 4.69) is 15.5 Å². The number of carbonyl (C=O) groups excluding carboxylic acids is 3. The van der Waals surface area contributed by atoms with Crippen molar-refractivity contribution < 1.29 is 19.1 Å². The van der Waals surface area contributed by atoms with Gasteiger partial charge in [0.15, 0.2) is 10.4 Å². The van der Waals surface area contributed by atoms with E-state index in [9.17, 15) is 14.4 Å². The summed E-state index contributed by atoms with van der Waals surface area (Å²) in [6.45, 7) is 0. The number of nitrogens with one attached hydrogen (secondary N) is 1. The highest BCUT2D eigenvalue weighted by atomic mass is 32.2. The molecule has 2 aromatic heterocycles. The van der Waals surface area contributed by atoms with Crippen LogP contribution in [0.2, 0.25) is 0 Å². The van der Waals surface area contributed by atoms with E-state index in [1.54, 1.807) is 5.51 Å². The molecule has 2 atom stereocenters. The number of thiophene rings is 1. The molecule has 0 spiro atoms. The Morgan fingerprint density at radius 1 is 1.02 bits per heavy atom. The number of nitrogens with zero attached hydrogens (tertiary/aromatic N) is 3. The molecule has 4 heterocycles. The lowest BCUT2D eigenvalue weighted by atomic mass is 10.0. The van der Waals surface area contributed by atoms with Gasteiger partial charge in [0.2, 0.25) is 5.91 Å². The van der Waals surface area contributed by atoms with E-state index >= 15 is 0 Å². The Morgan fingerprint density at radius 2 is 1.75 bits per heavy atom.